The van der Waals surface area contributed by atoms with Crippen molar-refractivity contribution >= 4 is 17.9 Å². The first-order chi connectivity index (χ1) is 6.33. The number of amides is 1. The number of nitrogens with one attached hydrogen (secondary N) is 1. The van der Waals surface area contributed by atoms with Crippen LogP contribution in [0.5, 0.6) is 0 Å². The van der Waals surface area contributed by atoms with Gasteiger partial charge in [0, 0.05) is 6.54 Å². The third-order valence-corrected chi connectivity index (χ3v) is 3.11. The van der Waals surface area contributed by atoms with Crippen LogP contribution in [0.2, 0.25) is 0 Å². The van der Waals surface area contributed by atoms with Gasteiger partial charge in [-0.15, -0.1) is 0 Å². The number of ether oxygens (including phenoxy) is 1. The molecule has 0 aromatic heterocycles. The first-order valence-corrected chi connectivity index (χ1v) is 5.57. The zero-order valence-electron chi connectivity index (χ0n) is 7.49. The molecule has 13 heavy (non-hydrogen) atoms. The van der Waals surface area contributed by atoms with Gasteiger partial charge >= 0.3 is 6.09 Å². The highest BCUT2D eigenvalue weighted by Gasteiger charge is 2.16. The minimum absolute atomic E-state index is 0.0747. The summed E-state index contributed by atoms with van der Waals surface area (Å²) < 4.78 is 4.64. The van der Waals surface area contributed by atoms with Gasteiger partial charge in [-0.2, -0.15) is 11.8 Å². The lowest BCUT2D eigenvalue weighted by Crippen LogP contribution is -2.30. The molecule has 1 aliphatic heterocycles. The zero-order chi connectivity index (χ0) is 9.52. The molecular formula is C8H15NO3S. The molecule has 1 atom stereocenters. The van der Waals surface area contributed by atoms with E-state index in [1.165, 1.54) is 12.2 Å². The van der Waals surface area contributed by atoms with Crippen LogP contribution in [0.15, 0.2) is 0 Å². The molecule has 1 heterocycles. The quantitative estimate of drug-likeness (QED) is 0.700. The lowest BCUT2D eigenvalue weighted by Gasteiger charge is -2.09. The van der Waals surface area contributed by atoms with Crippen molar-refractivity contribution in [2.24, 2.45) is 5.92 Å². The maximum absolute atomic E-state index is 10.9. The summed E-state index contributed by atoms with van der Waals surface area (Å²) in [7, 11) is 0. The van der Waals surface area contributed by atoms with Crippen molar-refractivity contribution in [3.63, 3.8) is 0 Å². The zero-order valence-corrected chi connectivity index (χ0v) is 8.31. The van der Waals surface area contributed by atoms with Crippen LogP contribution in [0, 0.1) is 5.92 Å². The van der Waals surface area contributed by atoms with Gasteiger partial charge in [-0.05, 0) is 23.8 Å². The van der Waals surface area contributed by atoms with Crippen molar-refractivity contribution in [3.05, 3.63) is 0 Å². The molecule has 1 fully saturated rings. The van der Waals surface area contributed by atoms with E-state index in [1.54, 1.807) is 0 Å². The Morgan fingerprint density at radius 2 is 2.54 bits per heavy atom. The minimum Gasteiger partial charge on any atom is -0.447 e. The van der Waals surface area contributed by atoms with Gasteiger partial charge in [-0.3, -0.25) is 0 Å². The maximum atomic E-state index is 10.9. The normalized spacial score (nSPS) is 21.5. The fourth-order valence-electron chi connectivity index (χ4n) is 1.16. The third kappa shape index (κ3) is 4.38. The van der Waals surface area contributed by atoms with Gasteiger partial charge in [-0.1, -0.05) is 0 Å². The second kappa shape index (κ2) is 6.10. The molecular weight excluding hydrogens is 190 g/mol. The molecule has 0 bridgehead atoms. The summed E-state index contributed by atoms with van der Waals surface area (Å²) >= 11 is 1.92. The molecule has 1 amide bonds. The van der Waals surface area contributed by atoms with E-state index in [2.05, 4.69) is 10.1 Å². The smallest absolute Gasteiger partial charge is 0.407 e. The average molecular weight is 205 g/mol. The minimum atomic E-state index is -0.425. The van der Waals surface area contributed by atoms with Crippen LogP contribution in [-0.4, -0.2) is 42.5 Å². The summed E-state index contributed by atoms with van der Waals surface area (Å²) in [5.41, 5.74) is 0. The number of aliphatic hydroxyl groups is 1. The number of thioether (sulfide) groups is 1. The van der Waals surface area contributed by atoms with E-state index in [-0.39, 0.29) is 13.2 Å². The predicted molar refractivity (Wildman–Crippen MR) is 51.9 cm³/mol. The molecule has 76 valence electrons. The highest BCUT2D eigenvalue weighted by Crippen LogP contribution is 2.22. The molecule has 0 aromatic rings. The van der Waals surface area contributed by atoms with Gasteiger partial charge in [0.15, 0.2) is 0 Å². The topological polar surface area (TPSA) is 58.6 Å². The van der Waals surface area contributed by atoms with E-state index in [1.807, 2.05) is 11.8 Å². The monoisotopic (exact) mass is 205 g/mol. The average Bonchev–Trinajstić information content (AvgIpc) is 2.64. The van der Waals surface area contributed by atoms with Crippen LogP contribution in [0.25, 0.3) is 0 Å². The van der Waals surface area contributed by atoms with E-state index in [0.29, 0.717) is 12.5 Å². The molecule has 0 aliphatic carbocycles. The van der Waals surface area contributed by atoms with Gasteiger partial charge in [0.05, 0.1) is 6.61 Å². The third-order valence-electron chi connectivity index (χ3n) is 1.88. The van der Waals surface area contributed by atoms with E-state index in [4.69, 9.17) is 5.11 Å². The van der Waals surface area contributed by atoms with E-state index >= 15 is 0 Å². The molecule has 0 saturated carbocycles. The van der Waals surface area contributed by atoms with Crippen LogP contribution in [0.4, 0.5) is 4.79 Å². The Labute approximate surface area is 82.0 Å². The summed E-state index contributed by atoms with van der Waals surface area (Å²) in [6, 6.07) is 0. The highest BCUT2D eigenvalue weighted by atomic mass is 32.2. The van der Waals surface area contributed by atoms with Gasteiger partial charge in [0.25, 0.3) is 0 Å². The molecule has 0 spiro atoms. The standard InChI is InChI=1S/C8H15NO3S/c10-2-3-12-8(11)9-5-7-1-4-13-6-7/h7,10H,1-6H2,(H,9,11). The molecule has 1 rings (SSSR count). The molecule has 0 radical (unpaired) electrons. The SMILES string of the molecule is O=C(NCC1CCSC1)OCCO. The molecule has 1 saturated heterocycles. The fourth-order valence-corrected chi connectivity index (χ4v) is 2.45. The second-order valence-corrected chi connectivity index (χ2v) is 4.12. The van der Waals surface area contributed by atoms with Gasteiger partial charge in [-0.25, -0.2) is 4.79 Å². The summed E-state index contributed by atoms with van der Waals surface area (Å²) in [5, 5.41) is 11.1. The van der Waals surface area contributed by atoms with Crippen molar-refractivity contribution in [2.45, 2.75) is 6.42 Å². The Morgan fingerprint density at radius 3 is 3.15 bits per heavy atom. The first-order valence-electron chi connectivity index (χ1n) is 4.42. The molecule has 4 nitrogen and oxygen atoms in total. The Morgan fingerprint density at radius 1 is 1.69 bits per heavy atom. The molecule has 0 aromatic carbocycles. The second-order valence-electron chi connectivity index (χ2n) is 2.97. The van der Waals surface area contributed by atoms with E-state index < -0.39 is 6.09 Å². The number of carbonyl (C=O) groups excluding carboxylic acids is 1. The van der Waals surface area contributed by atoms with E-state index in [0.717, 1.165) is 5.75 Å². The van der Waals surface area contributed by atoms with Crippen molar-refractivity contribution in [3.8, 4) is 0 Å². The molecule has 1 aliphatic rings. The number of hydrogen-bond acceptors (Lipinski definition) is 4. The summed E-state index contributed by atoms with van der Waals surface area (Å²) in [6.45, 7) is 0.648. The number of hydrogen-bond donors (Lipinski definition) is 2. The van der Waals surface area contributed by atoms with Gasteiger partial charge < -0.3 is 15.2 Å². The van der Waals surface area contributed by atoms with Gasteiger partial charge in [0.2, 0.25) is 0 Å². The van der Waals surface area contributed by atoms with Crippen molar-refractivity contribution < 1.29 is 14.6 Å². The number of carbonyl (C=O) groups is 1. The van der Waals surface area contributed by atoms with Crippen molar-refractivity contribution in [1.82, 2.24) is 5.32 Å². The van der Waals surface area contributed by atoms with Crippen LogP contribution in [0.3, 0.4) is 0 Å². The Bertz CT molecular complexity index is 159. The number of aliphatic hydroxyl groups excluding tert-OH is 1. The van der Waals surface area contributed by atoms with Crippen LogP contribution in [0.1, 0.15) is 6.42 Å². The largest absolute Gasteiger partial charge is 0.447 e. The Balaban J connectivity index is 2.00. The van der Waals surface area contributed by atoms with Crippen molar-refractivity contribution in [1.29, 1.82) is 0 Å². The fraction of sp³-hybridized carbons (Fsp3) is 0.875. The summed E-state index contributed by atoms with van der Waals surface area (Å²) in [6.07, 6.45) is 0.747. The summed E-state index contributed by atoms with van der Waals surface area (Å²) in [5.74, 6) is 2.91. The van der Waals surface area contributed by atoms with E-state index in [9.17, 15) is 4.79 Å². The maximum Gasteiger partial charge on any atom is 0.407 e. The number of rotatable bonds is 4. The molecule has 1 unspecified atom stereocenters. The van der Waals surface area contributed by atoms with Crippen molar-refractivity contribution in [2.75, 3.05) is 31.3 Å². The number of alkyl carbamates (subject to hydrolysis) is 1. The van der Waals surface area contributed by atoms with Crippen LogP contribution in [-0.2, 0) is 4.74 Å². The lowest BCUT2D eigenvalue weighted by molar-refractivity contribution is 0.118. The predicted octanol–water partition coefficient (Wildman–Crippen LogP) is 0.458. The Kier molecular flexibility index (Phi) is 5.00. The Hall–Kier alpha value is -0.420. The van der Waals surface area contributed by atoms with Gasteiger partial charge in [0.1, 0.15) is 6.61 Å². The highest BCUT2D eigenvalue weighted by molar-refractivity contribution is 7.99. The lowest BCUT2D eigenvalue weighted by atomic mass is 10.1. The van der Waals surface area contributed by atoms with Crippen LogP contribution < -0.4 is 5.32 Å². The molecule has 2 N–H and O–H groups in total. The summed E-state index contributed by atoms with van der Waals surface area (Å²) in [4.78, 5) is 10.9. The first kappa shape index (κ1) is 10.7. The van der Waals surface area contributed by atoms with Crippen LogP contribution >= 0.6 is 11.8 Å². The molecule has 5 heteroatoms.